The molecule has 0 fully saturated rings. The van der Waals surface area contributed by atoms with E-state index >= 15 is 0 Å². The molecule has 0 aliphatic carbocycles. The highest BCUT2D eigenvalue weighted by atomic mass is 79.9. The Hall–Kier alpha value is -1.57. The summed E-state index contributed by atoms with van der Waals surface area (Å²) >= 11 is 2.76. The number of nitrogen functional groups attached to an aromatic ring is 1. The molecule has 1 aromatic heterocycles. The van der Waals surface area contributed by atoms with E-state index in [4.69, 9.17) is 10.5 Å². The molecule has 104 valence electrons. The molecule has 0 spiro atoms. The van der Waals surface area contributed by atoms with Crippen LogP contribution in [0.1, 0.15) is 28.5 Å². The Kier molecular flexibility index (Phi) is 4.56. The molecule has 8 heteroatoms. The normalized spacial score (nSPS) is 11.2. The van der Waals surface area contributed by atoms with Gasteiger partial charge in [0.1, 0.15) is 11.4 Å². The maximum absolute atomic E-state index is 12.7. The van der Waals surface area contributed by atoms with Gasteiger partial charge in [0.15, 0.2) is 5.69 Å². The van der Waals surface area contributed by atoms with Crippen molar-refractivity contribution >= 4 is 33.8 Å². The molecule has 0 aliphatic rings. The Morgan fingerprint density at radius 3 is 2.58 bits per heavy atom. The second kappa shape index (κ2) is 5.60. The van der Waals surface area contributed by atoms with Crippen LogP contribution in [0.3, 0.4) is 0 Å². The van der Waals surface area contributed by atoms with Gasteiger partial charge >= 0.3 is 12.1 Å². The average Bonchev–Trinajstić information content (AvgIpc) is 2.29. The summed E-state index contributed by atoms with van der Waals surface area (Å²) in [6.07, 6.45) is -3.61. The predicted octanol–water partition coefficient (Wildman–Crippen LogP) is 3.26. The van der Waals surface area contributed by atoms with Gasteiger partial charge in [-0.05, 0) is 22.9 Å². The largest absolute Gasteiger partial charge is 0.462 e. The zero-order valence-corrected chi connectivity index (χ0v) is 11.4. The van der Waals surface area contributed by atoms with E-state index in [1.807, 2.05) is 0 Å². The maximum atomic E-state index is 12.7. The molecule has 0 aromatic carbocycles. The fourth-order valence-corrected chi connectivity index (χ4v) is 2.07. The number of hydrogen-bond acceptors (Lipinski definition) is 4. The Labute approximate surface area is 115 Å². The fourth-order valence-electron chi connectivity index (χ4n) is 1.40. The van der Waals surface area contributed by atoms with Crippen molar-refractivity contribution < 1.29 is 22.7 Å². The summed E-state index contributed by atoms with van der Waals surface area (Å²) in [6.45, 7) is 5.00. The molecule has 0 bridgehead atoms. The van der Waals surface area contributed by atoms with Crippen LogP contribution in [0.2, 0.25) is 0 Å². The van der Waals surface area contributed by atoms with Gasteiger partial charge in [-0.1, -0.05) is 12.7 Å². The van der Waals surface area contributed by atoms with Crippen molar-refractivity contribution in [1.82, 2.24) is 4.98 Å². The van der Waals surface area contributed by atoms with Crippen LogP contribution < -0.4 is 5.73 Å². The minimum absolute atomic E-state index is 0.0630. The topological polar surface area (TPSA) is 65.2 Å². The van der Waals surface area contributed by atoms with E-state index in [1.54, 1.807) is 6.92 Å². The van der Waals surface area contributed by atoms with Gasteiger partial charge in [-0.2, -0.15) is 13.2 Å². The number of pyridine rings is 1. The molecule has 0 radical (unpaired) electrons. The van der Waals surface area contributed by atoms with Crippen LogP contribution in [-0.2, 0) is 10.9 Å². The molecule has 2 N–H and O–H groups in total. The standard InChI is InChI=1S/C11H10BrF3N2O2/c1-3-5-6(10(18)19-4-2)9(16)17-8(7(5)12)11(13,14)15/h3H,1,4H2,2H3,(H2,16,17). The van der Waals surface area contributed by atoms with Gasteiger partial charge in [-0.25, -0.2) is 9.78 Å². The number of halogens is 4. The van der Waals surface area contributed by atoms with E-state index in [0.717, 1.165) is 6.08 Å². The van der Waals surface area contributed by atoms with E-state index in [1.165, 1.54) is 0 Å². The number of esters is 1. The molecule has 0 unspecified atom stereocenters. The molecule has 0 saturated heterocycles. The lowest BCUT2D eigenvalue weighted by Crippen LogP contribution is -2.17. The van der Waals surface area contributed by atoms with Gasteiger partial charge in [0, 0.05) is 5.56 Å². The van der Waals surface area contributed by atoms with Gasteiger partial charge in [0.05, 0.1) is 11.1 Å². The second-order valence-corrected chi connectivity index (χ2v) is 4.16. The minimum Gasteiger partial charge on any atom is -0.462 e. The van der Waals surface area contributed by atoms with E-state index < -0.39 is 28.1 Å². The van der Waals surface area contributed by atoms with Crippen molar-refractivity contribution in [1.29, 1.82) is 0 Å². The van der Waals surface area contributed by atoms with E-state index in [0.29, 0.717) is 0 Å². The highest BCUT2D eigenvalue weighted by Crippen LogP contribution is 2.38. The number of anilines is 1. The molecule has 1 heterocycles. The maximum Gasteiger partial charge on any atom is 0.434 e. The quantitative estimate of drug-likeness (QED) is 0.859. The molecule has 1 aromatic rings. The molecule has 0 aliphatic heterocycles. The zero-order chi connectivity index (χ0) is 14.8. The van der Waals surface area contributed by atoms with Crippen LogP contribution in [0.15, 0.2) is 11.1 Å². The summed E-state index contributed by atoms with van der Waals surface area (Å²) in [5, 5.41) is 0. The lowest BCUT2D eigenvalue weighted by atomic mass is 10.1. The number of alkyl halides is 3. The summed E-state index contributed by atoms with van der Waals surface area (Å²) in [7, 11) is 0. The van der Waals surface area contributed by atoms with Crippen molar-refractivity contribution in [2.45, 2.75) is 13.1 Å². The first-order valence-corrected chi connectivity index (χ1v) is 5.89. The summed E-state index contributed by atoms with van der Waals surface area (Å²) in [4.78, 5) is 14.9. The monoisotopic (exact) mass is 338 g/mol. The first kappa shape index (κ1) is 15.5. The van der Waals surface area contributed by atoms with Crippen LogP contribution >= 0.6 is 15.9 Å². The van der Waals surface area contributed by atoms with Gasteiger partial charge in [-0.3, -0.25) is 0 Å². The number of nitrogens with two attached hydrogens (primary N) is 1. The van der Waals surface area contributed by atoms with Crippen LogP contribution in [0, 0.1) is 0 Å². The van der Waals surface area contributed by atoms with Crippen LogP contribution in [0.5, 0.6) is 0 Å². The summed E-state index contributed by atoms with van der Waals surface area (Å²) in [5.41, 5.74) is 3.86. The Morgan fingerprint density at radius 1 is 1.58 bits per heavy atom. The molecule has 0 amide bonds. The Balaban J connectivity index is 3.57. The van der Waals surface area contributed by atoms with Gasteiger partial charge in [-0.15, -0.1) is 0 Å². The number of carbonyl (C=O) groups excluding carboxylic acids is 1. The van der Waals surface area contributed by atoms with Gasteiger partial charge in [0.25, 0.3) is 0 Å². The molecule has 4 nitrogen and oxygen atoms in total. The minimum atomic E-state index is -4.70. The number of aromatic nitrogens is 1. The van der Waals surface area contributed by atoms with Gasteiger partial charge in [0.2, 0.25) is 0 Å². The molecule has 19 heavy (non-hydrogen) atoms. The third kappa shape index (κ3) is 3.06. The zero-order valence-electron chi connectivity index (χ0n) is 9.84. The average molecular weight is 339 g/mol. The molecule has 0 atom stereocenters. The highest BCUT2D eigenvalue weighted by Gasteiger charge is 2.38. The third-order valence-corrected chi connectivity index (χ3v) is 2.96. The first-order chi connectivity index (χ1) is 8.73. The van der Waals surface area contributed by atoms with Crippen molar-refractivity contribution in [3.8, 4) is 0 Å². The summed E-state index contributed by atoms with van der Waals surface area (Å²) in [6, 6.07) is 0. The van der Waals surface area contributed by atoms with Crippen molar-refractivity contribution in [2.24, 2.45) is 0 Å². The lowest BCUT2D eigenvalue weighted by molar-refractivity contribution is -0.141. The number of ether oxygens (including phenoxy) is 1. The van der Waals surface area contributed by atoms with Crippen LogP contribution in [0.25, 0.3) is 6.08 Å². The lowest BCUT2D eigenvalue weighted by Gasteiger charge is -2.15. The van der Waals surface area contributed by atoms with Crippen LogP contribution in [0.4, 0.5) is 19.0 Å². The van der Waals surface area contributed by atoms with Gasteiger partial charge < -0.3 is 10.5 Å². The number of rotatable bonds is 3. The SMILES string of the molecule is C=Cc1c(Br)c(C(F)(F)F)nc(N)c1C(=O)OCC. The number of hydrogen-bond donors (Lipinski definition) is 1. The second-order valence-electron chi connectivity index (χ2n) is 3.37. The number of nitrogens with zero attached hydrogens (tertiary/aromatic N) is 1. The predicted molar refractivity (Wildman–Crippen MR) is 67.4 cm³/mol. The molecule has 1 rings (SSSR count). The third-order valence-electron chi connectivity index (χ3n) is 2.15. The molecular formula is C11H10BrF3N2O2. The summed E-state index contributed by atoms with van der Waals surface area (Å²) in [5.74, 6) is -1.40. The summed E-state index contributed by atoms with van der Waals surface area (Å²) < 4.78 is 42.5. The molecule has 0 saturated carbocycles. The van der Waals surface area contributed by atoms with E-state index in [2.05, 4.69) is 27.5 Å². The van der Waals surface area contributed by atoms with Crippen molar-refractivity contribution in [2.75, 3.05) is 12.3 Å². The fraction of sp³-hybridized carbons (Fsp3) is 0.273. The number of carbonyl (C=O) groups is 1. The van der Waals surface area contributed by atoms with Crippen molar-refractivity contribution in [3.05, 3.63) is 27.9 Å². The van der Waals surface area contributed by atoms with Crippen molar-refractivity contribution in [3.63, 3.8) is 0 Å². The Morgan fingerprint density at radius 2 is 2.16 bits per heavy atom. The van der Waals surface area contributed by atoms with Crippen LogP contribution in [-0.4, -0.2) is 17.6 Å². The highest BCUT2D eigenvalue weighted by molar-refractivity contribution is 9.10. The van der Waals surface area contributed by atoms with E-state index in [-0.39, 0.29) is 17.7 Å². The Bertz CT molecular complexity index is 530. The molecular weight excluding hydrogens is 329 g/mol. The van der Waals surface area contributed by atoms with E-state index in [9.17, 15) is 18.0 Å². The first-order valence-electron chi connectivity index (χ1n) is 5.09. The smallest absolute Gasteiger partial charge is 0.434 e.